The molecule has 0 aliphatic carbocycles. The third-order valence-electron chi connectivity index (χ3n) is 2.77. The zero-order valence-electron chi connectivity index (χ0n) is 11.4. The van der Waals surface area contributed by atoms with E-state index in [1.54, 1.807) is 14.0 Å². The first-order valence-electron chi connectivity index (χ1n) is 6.05. The lowest BCUT2D eigenvalue weighted by atomic mass is 10.0. The molecule has 0 saturated carbocycles. The second-order valence-electron chi connectivity index (χ2n) is 4.33. The summed E-state index contributed by atoms with van der Waals surface area (Å²) in [5.41, 5.74) is 8.91. The lowest BCUT2D eigenvalue weighted by Gasteiger charge is -2.14. The van der Waals surface area contributed by atoms with Crippen molar-refractivity contribution in [1.29, 1.82) is 0 Å². The van der Waals surface area contributed by atoms with E-state index in [2.05, 4.69) is 0 Å². The van der Waals surface area contributed by atoms with E-state index >= 15 is 0 Å². The molecule has 0 spiro atoms. The summed E-state index contributed by atoms with van der Waals surface area (Å²) in [6, 6.07) is 3.37. The first kappa shape index (κ1) is 14.5. The van der Waals surface area contributed by atoms with Crippen molar-refractivity contribution in [2.75, 3.05) is 13.7 Å². The number of hydrogen-bond acceptors (Lipinski definition) is 4. The number of rotatable bonds is 5. The standard InChI is InChI=1S/C14H21NO3/c1-5-18-14(16)12(15)8-11-6-9(2)13(17-4)10(3)7-11/h6-7,12H,5,8,15H2,1-4H3. The second-order valence-corrected chi connectivity index (χ2v) is 4.33. The van der Waals surface area contributed by atoms with E-state index in [1.807, 2.05) is 26.0 Å². The predicted octanol–water partition coefficient (Wildman–Crippen LogP) is 1.74. The largest absolute Gasteiger partial charge is 0.496 e. The average molecular weight is 251 g/mol. The maximum atomic E-state index is 11.5. The molecule has 0 radical (unpaired) electrons. The van der Waals surface area contributed by atoms with Gasteiger partial charge in [-0.15, -0.1) is 0 Å². The van der Waals surface area contributed by atoms with Crippen LogP contribution in [0.1, 0.15) is 23.6 Å². The van der Waals surface area contributed by atoms with Gasteiger partial charge in [-0.1, -0.05) is 12.1 Å². The van der Waals surface area contributed by atoms with Gasteiger partial charge in [0.25, 0.3) is 0 Å². The third kappa shape index (κ3) is 3.47. The average Bonchev–Trinajstić information content (AvgIpc) is 2.28. The molecule has 0 aliphatic rings. The molecule has 1 aromatic carbocycles. The Morgan fingerprint density at radius 3 is 2.33 bits per heavy atom. The van der Waals surface area contributed by atoms with Crippen molar-refractivity contribution in [2.24, 2.45) is 5.73 Å². The van der Waals surface area contributed by atoms with Gasteiger partial charge in [0, 0.05) is 0 Å². The molecular formula is C14H21NO3. The van der Waals surface area contributed by atoms with Crippen molar-refractivity contribution in [3.63, 3.8) is 0 Å². The first-order chi connectivity index (χ1) is 8.49. The van der Waals surface area contributed by atoms with Crippen LogP contribution in [0.3, 0.4) is 0 Å². The van der Waals surface area contributed by atoms with Gasteiger partial charge < -0.3 is 15.2 Å². The molecule has 100 valence electrons. The molecular weight excluding hydrogens is 230 g/mol. The quantitative estimate of drug-likeness (QED) is 0.810. The maximum Gasteiger partial charge on any atom is 0.323 e. The molecule has 0 aliphatic heterocycles. The van der Waals surface area contributed by atoms with Gasteiger partial charge in [0.05, 0.1) is 13.7 Å². The number of carbonyl (C=O) groups excluding carboxylic acids is 1. The Labute approximate surface area is 108 Å². The van der Waals surface area contributed by atoms with Gasteiger partial charge in [0.2, 0.25) is 0 Å². The Morgan fingerprint density at radius 2 is 1.89 bits per heavy atom. The van der Waals surface area contributed by atoms with E-state index in [1.165, 1.54) is 0 Å². The van der Waals surface area contributed by atoms with Gasteiger partial charge in [-0.3, -0.25) is 4.79 Å². The topological polar surface area (TPSA) is 61.5 Å². The number of hydrogen-bond donors (Lipinski definition) is 1. The molecule has 1 atom stereocenters. The zero-order valence-corrected chi connectivity index (χ0v) is 11.4. The maximum absolute atomic E-state index is 11.5. The van der Waals surface area contributed by atoms with Crippen molar-refractivity contribution in [3.8, 4) is 5.75 Å². The fraction of sp³-hybridized carbons (Fsp3) is 0.500. The number of methoxy groups -OCH3 is 1. The molecule has 0 fully saturated rings. The van der Waals surface area contributed by atoms with Gasteiger partial charge >= 0.3 is 5.97 Å². The number of carbonyl (C=O) groups is 1. The highest BCUT2D eigenvalue weighted by Gasteiger charge is 2.16. The van der Waals surface area contributed by atoms with Crippen LogP contribution in [0.4, 0.5) is 0 Å². The molecule has 4 nitrogen and oxygen atoms in total. The van der Waals surface area contributed by atoms with Crippen LogP contribution in [0.25, 0.3) is 0 Å². The van der Waals surface area contributed by atoms with Crippen LogP contribution in [-0.2, 0) is 16.0 Å². The number of ether oxygens (including phenoxy) is 2. The number of benzene rings is 1. The van der Waals surface area contributed by atoms with Gasteiger partial charge in [-0.2, -0.15) is 0 Å². The van der Waals surface area contributed by atoms with Crippen molar-refractivity contribution in [2.45, 2.75) is 33.2 Å². The summed E-state index contributed by atoms with van der Waals surface area (Å²) in [4.78, 5) is 11.5. The normalized spacial score (nSPS) is 12.1. The van der Waals surface area contributed by atoms with E-state index in [-0.39, 0.29) is 5.97 Å². The van der Waals surface area contributed by atoms with Gasteiger partial charge in [0.1, 0.15) is 11.8 Å². The fourth-order valence-electron chi connectivity index (χ4n) is 2.07. The van der Waals surface area contributed by atoms with Crippen LogP contribution >= 0.6 is 0 Å². The molecule has 18 heavy (non-hydrogen) atoms. The minimum absolute atomic E-state index is 0.354. The molecule has 0 heterocycles. The summed E-state index contributed by atoms with van der Waals surface area (Å²) in [6.45, 7) is 6.08. The molecule has 0 bridgehead atoms. The monoisotopic (exact) mass is 251 g/mol. The molecule has 2 N–H and O–H groups in total. The minimum atomic E-state index is -0.614. The third-order valence-corrected chi connectivity index (χ3v) is 2.77. The Balaban J connectivity index is 2.83. The van der Waals surface area contributed by atoms with Gasteiger partial charge in [0.15, 0.2) is 0 Å². The van der Waals surface area contributed by atoms with E-state index in [0.29, 0.717) is 13.0 Å². The van der Waals surface area contributed by atoms with E-state index in [4.69, 9.17) is 15.2 Å². The highest BCUT2D eigenvalue weighted by molar-refractivity contribution is 5.75. The highest BCUT2D eigenvalue weighted by Crippen LogP contribution is 2.24. The number of nitrogens with two attached hydrogens (primary N) is 1. The van der Waals surface area contributed by atoms with Crippen LogP contribution in [0.2, 0.25) is 0 Å². The zero-order chi connectivity index (χ0) is 13.7. The van der Waals surface area contributed by atoms with Crippen LogP contribution in [-0.4, -0.2) is 25.7 Å². The molecule has 4 heteroatoms. The lowest BCUT2D eigenvalue weighted by Crippen LogP contribution is -2.34. The van der Waals surface area contributed by atoms with E-state index in [0.717, 1.165) is 22.4 Å². The fourth-order valence-corrected chi connectivity index (χ4v) is 2.07. The van der Waals surface area contributed by atoms with Crippen molar-refractivity contribution >= 4 is 5.97 Å². The molecule has 1 rings (SSSR count). The Kier molecular flexibility index (Phi) is 5.16. The Hall–Kier alpha value is -1.55. The molecule has 0 saturated heterocycles. The van der Waals surface area contributed by atoms with Crippen LogP contribution in [0, 0.1) is 13.8 Å². The minimum Gasteiger partial charge on any atom is -0.496 e. The van der Waals surface area contributed by atoms with Gasteiger partial charge in [-0.05, 0) is 43.9 Å². The summed E-state index contributed by atoms with van der Waals surface area (Å²) >= 11 is 0. The molecule has 1 aromatic rings. The first-order valence-corrected chi connectivity index (χ1v) is 6.05. The number of esters is 1. The predicted molar refractivity (Wildman–Crippen MR) is 70.8 cm³/mol. The highest BCUT2D eigenvalue weighted by atomic mass is 16.5. The van der Waals surface area contributed by atoms with Crippen molar-refractivity contribution < 1.29 is 14.3 Å². The summed E-state index contributed by atoms with van der Waals surface area (Å²) < 4.78 is 10.2. The smallest absolute Gasteiger partial charge is 0.323 e. The summed E-state index contributed by atoms with van der Waals surface area (Å²) in [5, 5.41) is 0. The van der Waals surface area contributed by atoms with Crippen LogP contribution < -0.4 is 10.5 Å². The van der Waals surface area contributed by atoms with Gasteiger partial charge in [-0.25, -0.2) is 0 Å². The summed E-state index contributed by atoms with van der Waals surface area (Å²) in [6.07, 6.45) is 0.477. The summed E-state index contributed by atoms with van der Waals surface area (Å²) in [5.74, 6) is 0.520. The Bertz CT molecular complexity index is 406. The second kappa shape index (κ2) is 6.40. The lowest BCUT2D eigenvalue weighted by molar-refractivity contribution is -0.144. The SMILES string of the molecule is CCOC(=O)C(N)Cc1cc(C)c(OC)c(C)c1. The van der Waals surface area contributed by atoms with Crippen LogP contribution in [0.15, 0.2) is 12.1 Å². The van der Waals surface area contributed by atoms with Crippen molar-refractivity contribution in [3.05, 3.63) is 28.8 Å². The van der Waals surface area contributed by atoms with E-state index in [9.17, 15) is 4.79 Å². The van der Waals surface area contributed by atoms with E-state index < -0.39 is 6.04 Å². The Morgan fingerprint density at radius 1 is 1.33 bits per heavy atom. The number of aryl methyl sites for hydroxylation is 2. The van der Waals surface area contributed by atoms with Crippen molar-refractivity contribution in [1.82, 2.24) is 0 Å². The molecule has 0 aromatic heterocycles. The molecule has 1 unspecified atom stereocenters. The summed E-state index contributed by atoms with van der Waals surface area (Å²) in [7, 11) is 1.65. The molecule has 0 amide bonds. The van der Waals surface area contributed by atoms with Crippen LogP contribution in [0.5, 0.6) is 5.75 Å².